The Morgan fingerprint density at radius 2 is 2.22 bits per heavy atom. The smallest absolute Gasteiger partial charge is 0.168 e. The van der Waals surface area contributed by atoms with Gasteiger partial charge in [0, 0.05) is 17.6 Å². The summed E-state index contributed by atoms with van der Waals surface area (Å²) < 4.78 is 26.3. The summed E-state index contributed by atoms with van der Waals surface area (Å²) in [6.45, 7) is 0.945. The van der Waals surface area contributed by atoms with Gasteiger partial charge >= 0.3 is 0 Å². The molecule has 0 radical (unpaired) electrons. The molecule has 1 aliphatic carbocycles. The fourth-order valence-electron chi connectivity index (χ4n) is 2.98. The molecule has 1 spiro atoms. The molecule has 3 rings (SSSR count). The lowest BCUT2D eigenvalue weighted by atomic mass is 9.70. The summed E-state index contributed by atoms with van der Waals surface area (Å²) in [5, 5.41) is 6.66. The average molecular weight is 253 g/mol. The standard InChI is InChI=1S/C13H17F2N3/c14-9-6-11(15)12(16-8-9)18-10-2-5-17-13(7-10)3-1-4-13/h6,8,10,17H,1-5,7H2,(H,16,18). The van der Waals surface area contributed by atoms with Crippen molar-refractivity contribution >= 4 is 5.82 Å². The molecule has 1 atom stereocenters. The number of piperidine rings is 1. The van der Waals surface area contributed by atoms with Gasteiger partial charge in [0.1, 0.15) is 5.82 Å². The third-order valence-corrected chi connectivity index (χ3v) is 4.09. The van der Waals surface area contributed by atoms with E-state index in [9.17, 15) is 8.78 Å². The Morgan fingerprint density at radius 3 is 2.89 bits per heavy atom. The molecule has 1 saturated heterocycles. The first-order valence-corrected chi connectivity index (χ1v) is 6.50. The van der Waals surface area contributed by atoms with Crippen molar-refractivity contribution < 1.29 is 8.78 Å². The summed E-state index contributed by atoms with van der Waals surface area (Å²) in [4.78, 5) is 3.78. The summed E-state index contributed by atoms with van der Waals surface area (Å²) in [6, 6.07) is 1.09. The van der Waals surface area contributed by atoms with Crippen molar-refractivity contribution in [3.63, 3.8) is 0 Å². The van der Waals surface area contributed by atoms with E-state index in [2.05, 4.69) is 15.6 Å². The van der Waals surface area contributed by atoms with Crippen molar-refractivity contribution in [3.8, 4) is 0 Å². The van der Waals surface area contributed by atoms with Crippen LogP contribution in [0.25, 0.3) is 0 Å². The van der Waals surface area contributed by atoms with Crippen LogP contribution in [0.3, 0.4) is 0 Å². The van der Waals surface area contributed by atoms with Gasteiger partial charge in [-0.3, -0.25) is 0 Å². The lowest BCUT2D eigenvalue weighted by Gasteiger charge is -2.48. The SMILES string of the molecule is Fc1cnc(NC2CCNC3(CCC3)C2)c(F)c1. The molecule has 98 valence electrons. The molecule has 2 aliphatic rings. The number of anilines is 1. The number of pyridine rings is 1. The van der Waals surface area contributed by atoms with Crippen molar-refractivity contribution in [2.45, 2.75) is 43.7 Å². The highest BCUT2D eigenvalue weighted by Crippen LogP contribution is 2.38. The minimum absolute atomic E-state index is 0.165. The summed E-state index contributed by atoms with van der Waals surface area (Å²) in [5.74, 6) is -1.09. The molecule has 2 heterocycles. The van der Waals surface area contributed by atoms with E-state index in [1.807, 2.05) is 0 Å². The number of hydrogen-bond acceptors (Lipinski definition) is 3. The van der Waals surface area contributed by atoms with Crippen molar-refractivity contribution in [2.75, 3.05) is 11.9 Å². The molecular weight excluding hydrogens is 236 g/mol. The van der Waals surface area contributed by atoms with E-state index >= 15 is 0 Å². The van der Waals surface area contributed by atoms with Gasteiger partial charge in [-0.2, -0.15) is 0 Å². The molecule has 3 nitrogen and oxygen atoms in total. The average Bonchev–Trinajstić information content (AvgIpc) is 2.31. The van der Waals surface area contributed by atoms with Crippen LogP contribution in [-0.4, -0.2) is 23.1 Å². The number of rotatable bonds is 2. The second kappa shape index (κ2) is 4.46. The molecule has 1 aliphatic heterocycles. The van der Waals surface area contributed by atoms with Gasteiger partial charge in [-0.1, -0.05) is 0 Å². The van der Waals surface area contributed by atoms with Crippen molar-refractivity contribution in [2.24, 2.45) is 0 Å². The Bertz CT molecular complexity index is 446. The van der Waals surface area contributed by atoms with Gasteiger partial charge in [0.25, 0.3) is 0 Å². The maximum absolute atomic E-state index is 13.5. The van der Waals surface area contributed by atoms with Crippen LogP contribution in [0.4, 0.5) is 14.6 Å². The lowest BCUT2D eigenvalue weighted by molar-refractivity contribution is 0.135. The Morgan fingerprint density at radius 1 is 1.39 bits per heavy atom. The van der Waals surface area contributed by atoms with Gasteiger partial charge in [-0.05, 0) is 38.6 Å². The largest absolute Gasteiger partial charge is 0.365 e. The fourth-order valence-corrected chi connectivity index (χ4v) is 2.98. The van der Waals surface area contributed by atoms with Crippen molar-refractivity contribution in [1.82, 2.24) is 10.3 Å². The lowest BCUT2D eigenvalue weighted by Crippen LogP contribution is -2.58. The fraction of sp³-hybridized carbons (Fsp3) is 0.615. The monoisotopic (exact) mass is 253 g/mol. The third-order valence-electron chi connectivity index (χ3n) is 4.09. The Kier molecular flexibility index (Phi) is 2.93. The summed E-state index contributed by atoms with van der Waals surface area (Å²) >= 11 is 0. The zero-order valence-electron chi connectivity index (χ0n) is 10.2. The zero-order chi connectivity index (χ0) is 12.6. The van der Waals surface area contributed by atoms with Crippen molar-refractivity contribution in [3.05, 3.63) is 23.9 Å². The van der Waals surface area contributed by atoms with Gasteiger partial charge < -0.3 is 10.6 Å². The molecule has 0 amide bonds. The molecule has 0 bridgehead atoms. The molecular formula is C13H17F2N3. The van der Waals surface area contributed by atoms with Gasteiger partial charge in [0.2, 0.25) is 0 Å². The van der Waals surface area contributed by atoms with Crippen LogP contribution in [-0.2, 0) is 0 Å². The van der Waals surface area contributed by atoms with Crippen LogP contribution in [0.1, 0.15) is 32.1 Å². The van der Waals surface area contributed by atoms with E-state index in [0.717, 1.165) is 31.6 Å². The van der Waals surface area contributed by atoms with E-state index in [1.54, 1.807) is 0 Å². The maximum atomic E-state index is 13.5. The highest BCUT2D eigenvalue weighted by atomic mass is 19.1. The topological polar surface area (TPSA) is 37.0 Å². The quantitative estimate of drug-likeness (QED) is 0.850. The number of halogens is 2. The predicted octanol–water partition coefficient (Wildman–Crippen LogP) is 2.45. The second-order valence-corrected chi connectivity index (χ2v) is 5.38. The first-order chi connectivity index (χ1) is 8.67. The van der Waals surface area contributed by atoms with Crippen LogP contribution in [0.2, 0.25) is 0 Å². The number of nitrogens with zero attached hydrogens (tertiary/aromatic N) is 1. The van der Waals surface area contributed by atoms with Gasteiger partial charge in [0.05, 0.1) is 6.20 Å². The highest BCUT2D eigenvalue weighted by Gasteiger charge is 2.40. The van der Waals surface area contributed by atoms with Crippen LogP contribution < -0.4 is 10.6 Å². The first kappa shape index (κ1) is 11.8. The van der Waals surface area contributed by atoms with E-state index < -0.39 is 11.6 Å². The van der Waals surface area contributed by atoms with Crippen LogP contribution in [0.15, 0.2) is 12.3 Å². The number of nitrogens with one attached hydrogen (secondary N) is 2. The third kappa shape index (κ3) is 2.19. The van der Waals surface area contributed by atoms with Crippen LogP contribution >= 0.6 is 0 Å². The minimum Gasteiger partial charge on any atom is -0.365 e. The van der Waals surface area contributed by atoms with Crippen molar-refractivity contribution in [1.29, 1.82) is 0 Å². The summed E-state index contributed by atoms with van der Waals surface area (Å²) in [5.41, 5.74) is 0.256. The Hall–Kier alpha value is -1.23. The zero-order valence-corrected chi connectivity index (χ0v) is 10.2. The maximum Gasteiger partial charge on any atom is 0.168 e. The van der Waals surface area contributed by atoms with Gasteiger partial charge in [-0.25, -0.2) is 13.8 Å². The van der Waals surface area contributed by atoms with E-state index in [-0.39, 0.29) is 17.4 Å². The van der Waals surface area contributed by atoms with Gasteiger partial charge in [-0.15, -0.1) is 0 Å². The summed E-state index contributed by atoms with van der Waals surface area (Å²) in [7, 11) is 0. The Balaban J connectivity index is 1.68. The molecule has 1 aromatic rings. The normalized spacial score (nSPS) is 25.8. The van der Waals surface area contributed by atoms with Crippen LogP contribution in [0, 0.1) is 11.6 Å². The molecule has 1 saturated carbocycles. The molecule has 2 N–H and O–H groups in total. The molecule has 2 fully saturated rings. The van der Waals surface area contributed by atoms with Crippen LogP contribution in [0.5, 0.6) is 0 Å². The Labute approximate surface area is 105 Å². The molecule has 5 heteroatoms. The van der Waals surface area contributed by atoms with E-state index in [4.69, 9.17) is 0 Å². The van der Waals surface area contributed by atoms with E-state index in [1.165, 1.54) is 19.3 Å². The van der Waals surface area contributed by atoms with Gasteiger partial charge in [0.15, 0.2) is 11.6 Å². The first-order valence-electron chi connectivity index (χ1n) is 6.50. The minimum atomic E-state index is -0.640. The molecule has 1 unspecified atom stereocenters. The summed E-state index contributed by atoms with van der Waals surface area (Å²) in [6.07, 6.45) is 6.65. The number of aromatic nitrogens is 1. The second-order valence-electron chi connectivity index (χ2n) is 5.38. The molecule has 18 heavy (non-hydrogen) atoms. The molecule has 1 aromatic heterocycles. The highest BCUT2D eigenvalue weighted by molar-refractivity contribution is 5.37. The molecule has 0 aromatic carbocycles. The predicted molar refractivity (Wildman–Crippen MR) is 65.4 cm³/mol. The van der Waals surface area contributed by atoms with E-state index in [0.29, 0.717) is 0 Å². The number of hydrogen-bond donors (Lipinski definition) is 2.